The van der Waals surface area contributed by atoms with Crippen LogP contribution in [0.1, 0.15) is 84.0 Å². The molecule has 0 fully saturated rings. The lowest BCUT2D eigenvalue weighted by Gasteiger charge is -2.08. The molecule has 0 saturated carbocycles. The van der Waals surface area contributed by atoms with Crippen molar-refractivity contribution in [3.63, 3.8) is 0 Å². The molecule has 0 amide bonds. The molecule has 0 aliphatic rings. The van der Waals surface area contributed by atoms with Crippen LogP contribution in [0.2, 0.25) is 0 Å². The van der Waals surface area contributed by atoms with Crippen LogP contribution in [0.3, 0.4) is 0 Å². The molecule has 0 saturated heterocycles. The first-order valence-electron chi connectivity index (χ1n) is 7.67. The Morgan fingerprint density at radius 3 is 1.67 bits per heavy atom. The fraction of sp³-hybridized carbons (Fsp3) is 1.00. The lowest BCUT2D eigenvalue weighted by atomic mass is 10.0. The molecule has 0 aliphatic carbocycles. The van der Waals surface area contributed by atoms with Gasteiger partial charge in [-0.1, -0.05) is 71.1 Å². The van der Waals surface area contributed by atoms with Crippen molar-refractivity contribution < 1.29 is 5.11 Å². The topological polar surface area (TPSA) is 46.2 Å². The third-order valence-electron chi connectivity index (χ3n) is 3.43. The van der Waals surface area contributed by atoms with Gasteiger partial charge in [0.05, 0.1) is 0 Å². The molecule has 3 N–H and O–H groups in total. The molecule has 0 aromatic heterocycles. The van der Waals surface area contributed by atoms with Gasteiger partial charge in [-0.15, -0.1) is 12.4 Å². The van der Waals surface area contributed by atoms with Gasteiger partial charge in [0.2, 0.25) is 0 Å². The van der Waals surface area contributed by atoms with Crippen molar-refractivity contribution in [1.29, 1.82) is 0 Å². The first-order chi connectivity index (χ1) is 8.31. The van der Waals surface area contributed by atoms with E-state index in [1.807, 2.05) is 0 Å². The van der Waals surface area contributed by atoms with Crippen LogP contribution in [-0.2, 0) is 0 Å². The highest BCUT2D eigenvalue weighted by Crippen LogP contribution is 2.12. The number of rotatable bonds is 13. The van der Waals surface area contributed by atoms with Crippen LogP contribution in [0.5, 0.6) is 0 Å². The zero-order valence-corrected chi connectivity index (χ0v) is 13.0. The molecule has 1 unspecified atom stereocenters. The van der Waals surface area contributed by atoms with E-state index in [1.165, 1.54) is 64.2 Å². The Morgan fingerprint density at radius 2 is 1.22 bits per heavy atom. The summed E-state index contributed by atoms with van der Waals surface area (Å²) in [5, 5.41) is 8.72. The summed E-state index contributed by atoms with van der Waals surface area (Å²) in [6.45, 7) is 2.50. The Kier molecular flexibility index (Phi) is 19.6. The molecule has 0 bridgehead atoms. The predicted molar refractivity (Wildman–Crippen MR) is 83.4 cm³/mol. The molecule has 0 rings (SSSR count). The van der Waals surface area contributed by atoms with E-state index in [-0.39, 0.29) is 25.1 Å². The molecule has 0 aromatic rings. The summed E-state index contributed by atoms with van der Waals surface area (Å²) >= 11 is 0. The molecule has 2 nitrogen and oxygen atoms in total. The smallest absolute Gasteiger partial charge is 0.0445 e. The maximum atomic E-state index is 8.72. The minimum Gasteiger partial charge on any atom is -0.396 e. The molecule has 0 spiro atoms. The molecule has 112 valence electrons. The Labute approximate surface area is 120 Å². The SMILES string of the molecule is CCCCCCCCCCCCC(N)CCO.Cl. The highest BCUT2D eigenvalue weighted by molar-refractivity contribution is 5.85. The van der Waals surface area contributed by atoms with E-state index in [2.05, 4.69) is 6.92 Å². The van der Waals surface area contributed by atoms with Gasteiger partial charge in [0.15, 0.2) is 0 Å². The zero-order chi connectivity index (χ0) is 12.8. The van der Waals surface area contributed by atoms with Crippen LogP contribution in [-0.4, -0.2) is 17.8 Å². The van der Waals surface area contributed by atoms with Gasteiger partial charge < -0.3 is 10.8 Å². The first-order valence-corrected chi connectivity index (χ1v) is 7.67. The summed E-state index contributed by atoms with van der Waals surface area (Å²) in [5.74, 6) is 0. The lowest BCUT2D eigenvalue weighted by molar-refractivity contribution is 0.271. The maximum Gasteiger partial charge on any atom is 0.0445 e. The van der Waals surface area contributed by atoms with E-state index in [0.717, 1.165) is 12.8 Å². The second-order valence-electron chi connectivity index (χ2n) is 5.24. The van der Waals surface area contributed by atoms with Crippen molar-refractivity contribution in [1.82, 2.24) is 0 Å². The van der Waals surface area contributed by atoms with Gasteiger partial charge in [-0.25, -0.2) is 0 Å². The van der Waals surface area contributed by atoms with E-state index in [4.69, 9.17) is 10.8 Å². The average Bonchev–Trinajstić information content (AvgIpc) is 2.32. The molecule has 1 atom stereocenters. The fourth-order valence-electron chi connectivity index (χ4n) is 2.20. The molecule has 0 aliphatic heterocycles. The molecular weight excluding hydrogens is 246 g/mol. The Morgan fingerprint density at radius 1 is 0.778 bits per heavy atom. The van der Waals surface area contributed by atoms with Gasteiger partial charge in [-0.2, -0.15) is 0 Å². The van der Waals surface area contributed by atoms with Gasteiger partial charge in [0.1, 0.15) is 0 Å². The van der Waals surface area contributed by atoms with E-state index < -0.39 is 0 Å². The van der Waals surface area contributed by atoms with Gasteiger partial charge in [0, 0.05) is 12.6 Å². The summed E-state index contributed by atoms with van der Waals surface area (Å²) in [6.07, 6.45) is 15.6. The van der Waals surface area contributed by atoms with Crippen LogP contribution in [0.4, 0.5) is 0 Å². The van der Waals surface area contributed by atoms with Crippen LogP contribution < -0.4 is 5.73 Å². The summed E-state index contributed by atoms with van der Waals surface area (Å²) in [5.41, 5.74) is 5.83. The lowest BCUT2D eigenvalue weighted by Crippen LogP contribution is -2.20. The van der Waals surface area contributed by atoms with Crippen molar-refractivity contribution in [3.05, 3.63) is 0 Å². The molecule has 0 radical (unpaired) electrons. The normalized spacial score (nSPS) is 12.2. The number of nitrogens with two attached hydrogens (primary N) is 1. The van der Waals surface area contributed by atoms with E-state index >= 15 is 0 Å². The number of aliphatic hydroxyl groups is 1. The Bertz CT molecular complexity index is 144. The number of aliphatic hydroxyl groups excluding tert-OH is 1. The van der Waals surface area contributed by atoms with E-state index in [1.54, 1.807) is 0 Å². The van der Waals surface area contributed by atoms with Crippen molar-refractivity contribution in [2.45, 2.75) is 90.0 Å². The predicted octanol–water partition coefficient (Wildman–Crippen LogP) is 4.43. The van der Waals surface area contributed by atoms with Crippen molar-refractivity contribution >= 4 is 12.4 Å². The average molecular weight is 280 g/mol. The number of halogens is 1. The molecule has 18 heavy (non-hydrogen) atoms. The van der Waals surface area contributed by atoms with Crippen molar-refractivity contribution in [2.75, 3.05) is 6.61 Å². The van der Waals surface area contributed by atoms with E-state index in [9.17, 15) is 0 Å². The number of hydrogen-bond donors (Lipinski definition) is 2. The summed E-state index contributed by atoms with van der Waals surface area (Å²) < 4.78 is 0. The van der Waals surface area contributed by atoms with Crippen molar-refractivity contribution in [2.24, 2.45) is 5.73 Å². The second kappa shape index (κ2) is 17.2. The third-order valence-corrected chi connectivity index (χ3v) is 3.43. The van der Waals surface area contributed by atoms with Gasteiger partial charge in [-0.3, -0.25) is 0 Å². The minimum atomic E-state index is 0. The Hall–Kier alpha value is 0.210. The largest absolute Gasteiger partial charge is 0.396 e. The molecular formula is C15H34ClNO. The number of hydrogen-bond acceptors (Lipinski definition) is 2. The van der Waals surface area contributed by atoms with Crippen molar-refractivity contribution in [3.8, 4) is 0 Å². The minimum absolute atomic E-state index is 0. The highest BCUT2D eigenvalue weighted by Gasteiger charge is 2.00. The quantitative estimate of drug-likeness (QED) is 0.490. The summed E-state index contributed by atoms with van der Waals surface area (Å²) in [7, 11) is 0. The molecule has 3 heteroatoms. The van der Waals surface area contributed by atoms with Crippen LogP contribution >= 0.6 is 12.4 Å². The second-order valence-corrected chi connectivity index (χ2v) is 5.24. The first kappa shape index (κ1) is 20.5. The maximum absolute atomic E-state index is 8.72. The summed E-state index contributed by atoms with van der Waals surface area (Å²) in [4.78, 5) is 0. The summed E-state index contributed by atoms with van der Waals surface area (Å²) in [6, 6.07) is 0.217. The van der Waals surface area contributed by atoms with Gasteiger partial charge in [-0.05, 0) is 12.8 Å². The monoisotopic (exact) mass is 279 g/mol. The fourth-order valence-corrected chi connectivity index (χ4v) is 2.20. The van der Waals surface area contributed by atoms with Gasteiger partial charge >= 0.3 is 0 Å². The van der Waals surface area contributed by atoms with E-state index in [0.29, 0.717) is 0 Å². The van der Waals surface area contributed by atoms with Crippen LogP contribution in [0, 0.1) is 0 Å². The molecule has 0 aromatic carbocycles. The molecule has 0 heterocycles. The highest BCUT2D eigenvalue weighted by atomic mass is 35.5. The van der Waals surface area contributed by atoms with Crippen LogP contribution in [0.25, 0.3) is 0 Å². The zero-order valence-electron chi connectivity index (χ0n) is 12.2. The standard InChI is InChI=1S/C15H33NO.ClH/c1-2-3-4-5-6-7-8-9-10-11-12-15(16)13-14-17;/h15,17H,2-14,16H2,1H3;1H. The van der Waals surface area contributed by atoms with Gasteiger partial charge in [0.25, 0.3) is 0 Å². The Balaban J connectivity index is 0. The third kappa shape index (κ3) is 16.2. The van der Waals surface area contributed by atoms with Crippen LogP contribution in [0.15, 0.2) is 0 Å². The number of unbranched alkanes of at least 4 members (excludes halogenated alkanes) is 9.